The van der Waals surface area contributed by atoms with E-state index in [0.29, 0.717) is 18.4 Å². The largest absolute Gasteiger partial charge is 0.480 e. The summed E-state index contributed by atoms with van der Waals surface area (Å²) in [4.78, 5) is 14.0. The molecule has 1 aliphatic rings. The van der Waals surface area contributed by atoms with E-state index in [4.69, 9.17) is 0 Å². The highest BCUT2D eigenvalue weighted by Crippen LogP contribution is 2.24. The average Bonchev–Trinajstić information content (AvgIpc) is 2.49. The molecular weight excluding hydrogens is 228 g/mol. The molecule has 0 aromatic heterocycles. The van der Waals surface area contributed by atoms with Crippen LogP contribution in [0.15, 0.2) is 0 Å². The van der Waals surface area contributed by atoms with Crippen LogP contribution in [0.4, 0.5) is 0 Å². The van der Waals surface area contributed by atoms with Gasteiger partial charge in [0.25, 0.3) is 0 Å². The summed E-state index contributed by atoms with van der Waals surface area (Å²) in [6.07, 6.45) is 2.39. The van der Waals surface area contributed by atoms with E-state index in [2.05, 4.69) is 37.9 Å². The van der Waals surface area contributed by atoms with Crippen molar-refractivity contribution in [3.05, 3.63) is 0 Å². The second-order valence-electron chi connectivity index (χ2n) is 6.15. The van der Waals surface area contributed by atoms with Gasteiger partial charge in [0.1, 0.15) is 5.54 Å². The van der Waals surface area contributed by atoms with Crippen LogP contribution in [0, 0.1) is 5.92 Å². The SMILES string of the molecule is CC(C)CNC1(C(=O)O)CCCN(C(C)C)CC1. The highest BCUT2D eigenvalue weighted by Gasteiger charge is 2.39. The predicted octanol–water partition coefficient (Wildman–Crippen LogP) is 1.95. The van der Waals surface area contributed by atoms with Crippen molar-refractivity contribution in [2.24, 2.45) is 5.92 Å². The monoisotopic (exact) mass is 256 g/mol. The molecule has 1 atom stereocenters. The Hall–Kier alpha value is -0.610. The number of hydrogen-bond acceptors (Lipinski definition) is 3. The number of nitrogens with zero attached hydrogens (tertiary/aromatic N) is 1. The lowest BCUT2D eigenvalue weighted by molar-refractivity contribution is -0.145. The minimum atomic E-state index is -0.714. The van der Waals surface area contributed by atoms with Gasteiger partial charge >= 0.3 is 5.97 Å². The van der Waals surface area contributed by atoms with Crippen LogP contribution in [0.25, 0.3) is 0 Å². The summed E-state index contributed by atoms with van der Waals surface area (Å²) in [6, 6.07) is 0.500. The molecule has 1 aliphatic heterocycles. The Labute approximate surface area is 111 Å². The molecule has 1 saturated heterocycles. The van der Waals surface area contributed by atoms with Gasteiger partial charge in [-0.25, -0.2) is 0 Å². The molecule has 0 aliphatic carbocycles. The molecule has 0 bridgehead atoms. The highest BCUT2D eigenvalue weighted by molar-refractivity contribution is 5.78. The van der Waals surface area contributed by atoms with Crippen molar-refractivity contribution in [2.75, 3.05) is 19.6 Å². The molecule has 18 heavy (non-hydrogen) atoms. The fraction of sp³-hybridized carbons (Fsp3) is 0.929. The van der Waals surface area contributed by atoms with Crippen LogP contribution in [0.5, 0.6) is 0 Å². The van der Waals surface area contributed by atoms with E-state index in [1.54, 1.807) is 0 Å². The van der Waals surface area contributed by atoms with Crippen LogP contribution in [0.2, 0.25) is 0 Å². The molecule has 106 valence electrons. The number of rotatable bonds is 5. The van der Waals surface area contributed by atoms with Crippen LogP contribution in [0.1, 0.15) is 47.0 Å². The van der Waals surface area contributed by atoms with E-state index in [1.807, 2.05) is 0 Å². The van der Waals surface area contributed by atoms with E-state index >= 15 is 0 Å². The lowest BCUT2D eigenvalue weighted by atomic mass is 9.90. The zero-order chi connectivity index (χ0) is 13.8. The second-order valence-corrected chi connectivity index (χ2v) is 6.15. The molecule has 1 unspecified atom stereocenters. The van der Waals surface area contributed by atoms with Crippen LogP contribution < -0.4 is 5.32 Å². The smallest absolute Gasteiger partial charge is 0.323 e. The van der Waals surface area contributed by atoms with Gasteiger partial charge in [0.05, 0.1) is 0 Å². The summed E-state index contributed by atoms with van der Waals surface area (Å²) in [7, 11) is 0. The summed E-state index contributed by atoms with van der Waals surface area (Å²) in [6.45, 7) is 11.2. The lowest BCUT2D eigenvalue weighted by Crippen LogP contribution is -2.53. The van der Waals surface area contributed by atoms with Crippen molar-refractivity contribution in [3.8, 4) is 0 Å². The number of carboxylic acid groups (broad SMARTS) is 1. The maximum absolute atomic E-state index is 11.6. The first-order valence-electron chi connectivity index (χ1n) is 7.10. The Bertz CT molecular complexity index is 279. The Morgan fingerprint density at radius 1 is 1.28 bits per heavy atom. The van der Waals surface area contributed by atoms with E-state index in [-0.39, 0.29) is 0 Å². The van der Waals surface area contributed by atoms with Crippen molar-refractivity contribution in [1.29, 1.82) is 0 Å². The number of hydrogen-bond donors (Lipinski definition) is 2. The van der Waals surface area contributed by atoms with E-state index in [9.17, 15) is 9.90 Å². The molecule has 0 aromatic rings. The standard InChI is InChI=1S/C14H28N2O2/c1-11(2)10-15-14(13(17)18)6-5-8-16(9-7-14)12(3)4/h11-12,15H,5-10H2,1-4H3,(H,17,18). The Kier molecular flexibility index (Phi) is 5.60. The Morgan fingerprint density at radius 2 is 1.94 bits per heavy atom. The van der Waals surface area contributed by atoms with Crippen molar-refractivity contribution in [2.45, 2.75) is 58.5 Å². The molecule has 0 saturated carbocycles. The summed E-state index contributed by atoms with van der Waals surface area (Å²) < 4.78 is 0. The van der Waals surface area contributed by atoms with Crippen molar-refractivity contribution < 1.29 is 9.90 Å². The van der Waals surface area contributed by atoms with Gasteiger partial charge in [-0.15, -0.1) is 0 Å². The average molecular weight is 256 g/mol. The topological polar surface area (TPSA) is 52.6 Å². The maximum Gasteiger partial charge on any atom is 0.323 e. The third-order valence-corrected chi connectivity index (χ3v) is 3.86. The maximum atomic E-state index is 11.6. The fourth-order valence-corrected chi connectivity index (χ4v) is 2.54. The van der Waals surface area contributed by atoms with Gasteiger partial charge in [0, 0.05) is 12.6 Å². The van der Waals surface area contributed by atoms with Gasteiger partial charge in [0.15, 0.2) is 0 Å². The first-order chi connectivity index (χ1) is 8.37. The Morgan fingerprint density at radius 3 is 2.44 bits per heavy atom. The van der Waals surface area contributed by atoms with Gasteiger partial charge in [-0.05, 0) is 52.1 Å². The first kappa shape index (κ1) is 15.4. The van der Waals surface area contributed by atoms with Gasteiger partial charge < -0.3 is 15.3 Å². The number of likely N-dealkylation sites (tertiary alicyclic amines) is 1. The van der Waals surface area contributed by atoms with E-state index in [1.165, 1.54) is 0 Å². The molecule has 1 heterocycles. The molecule has 2 N–H and O–H groups in total. The zero-order valence-electron chi connectivity index (χ0n) is 12.2. The number of carboxylic acids is 1. The Balaban J connectivity index is 2.70. The summed E-state index contributed by atoms with van der Waals surface area (Å²) >= 11 is 0. The van der Waals surface area contributed by atoms with E-state index < -0.39 is 11.5 Å². The van der Waals surface area contributed by atoms with Crippen molar-refractivity contribution in [1.82, 2.24) is 10.2 Å². The molecule has 0 radical (unpaired) electrons. The molecule has 1 fully saturated rings. The summed E-state index contributed by atoms with van der Waals surface area (Å²) in [5, 5.41) is 12.9. The number of aliphatic carboxylic acids is 1. The third kappa shape index (κ3) is 3.95. The van der Waals surface area contributed by atoms with Crippen LogP contribution in [-0.2, 0) is 4.79 Å². The van der Waals surface area contributed by atoms with Gasteiger partial charge in [-0.3, -0.25) is 4.79 Å². The minimum Gasteiger partial charge on any atom is -0.480 e. The molecule has 4 heteroatoms. The molecule has 0 aromatic carbocycles. The quantitative estimate of drug-likeness (QED) is 0.789. The molecule has 0 spiro atoms. The molecule has 1 rings (SSSR count). The summed E-state index contributed by atoms with van der Waals surface area (Å²) in [5.41, 5.74) is -0.714. The van der Waals surface area contributed by atoms with Gasteiger partial charge in [-0.1, -0.05) is 13.8 Å². The number of carbonyl (C=O) groups is 1. The van der Waals surface area contributed by atoms with Crippen LogP contribution in [0.3, 0.4) is 0 Å². The third-order valence-electron chi connectivity index (χ3n) is 3.86. The normalized spacial score (nSPS) is 26.6. The summed E-state index contributed by atoms with van der Waals surface area (Å²) in [5.74, 6) is -0.209. The predicted molar refractivity (Wildman–Crippen MR) is 73.8 cm³/mol. The van der Waals surface area contributed by atoms with Gasteiger partial charge in [-0.2, -0.15) is 0 Å². The molecule has 0 amide bonds. The van der Waals surface area contributed by atoms with Crippen molar-refractivity contribution >= 4 is 5.97 Å². The fourth-order valence-electron chi connectivity index (χ4n) is 2.54. The van der Waals surface area contributed by atoms with Crippen LogP contribution >= 0.6 is 0 Å². The van der Waals surface area contributed by atoms with E-state index in [0.717, 1.165) is 32.5 Å². The lowest BCUT2D eigenvalue weighted by Gasteiger charge is -2.31. The zero-order valence-corrected chi connectivity index (χ0v) is 12.2. The second kappa shape index (κ2) is 6.53. The molecular formula is C14H28N2O2. The van der Waals surface area contributed by atoms with Gasteiger partial charge in [0.2, 0.25) is 0 Å². The van der Waals surface area contributed by atoms with Crippen LogP contribution in [-0.4, -0.2) is 47.2 Å². The minimum absolute atomic E-state index is 0.477. The first-order valence-corrected chi connectivity index (χ1v) is 7.10. The number of nitrogens with one attached hydrogen (secondary N) is 1. The molecule has 4 nitrogen and oxygen atoms in total. The highest BCUT2D eigenvalue weighted by atomic mass is 16.4. The van der Waals surface area contributed by atoms with Crippen molar-refractivity contribution in [3.63, 3.8) is 0 Å².